The van der Waals surface area contributed by atoms with E-state index in [-0.39, 0.29) is 5.75 Å². The summed E-state index contributed by atoms with van der Waals surface area (Å²) in [6, 6.07) is 8.69. The minimum Gasteiger partial charge on any atom is -0.399 e. The average molecular weight is 291 g/mol. The Balaban J connectivity index is 2.02. The third kappa shape index (κ3) is 3.96. The molecule has 5 nitrogen and oxygen atoms in total. The molecule has 0 amide bonds. The molecule has 0 unspecified atom stereocenters. The molecule has 0 spiro atoms. The van der Waals surface area contributed by atoms with Crippen LogP contribution in [0.3, 0.4) is 0 Å². The van der Waals surface area contributed by atoms with E-state index in [0.717, 1.165) is 11.1 Å². The summed E-state index contributed by atoms with van der Waals surface area (Å²) < 4.78 is 26.6. The Morgan fingerprint density at radius 3 is 2.55 bits per heavy atom. The molecule has 0 bridgehead atoms. The first-order chi connectivity index (χ1) is 9.46. The second-order valence-corrected chi connectivity index (χ2v) is 6.44. The Morgan fingerprint density at radius 2 is 1.90 bits per heavy atom. The molecule has 0 aliphatic carbocycles. The van der Waals surface area contributed by atoms with Gasteiger partial charge in [0.25, 0.3) is 0 Å². The second kappa shape index (κ2) is 5.92. The lowest BCUT2D eigenvalue weighted by atomic mass is 10.2. The molecule has 1 aromatic carbocycles. The van der Waals surface area contributed by atoms with E-state index in [0.29, 0.717) is 17.8 Å². The van der Waals surface area contributed by atoms with E-state index >= 15 is 0 Å². The first-order valence-corrected chi connectivity index (χ1v) is 7.87. The largest absolute Gasteiger partial charge is 0.399 e. The highest BCUT2D eigenvalue weighted by atomic mass is 32.2. The number of hydrogen-bond acceptors (Lipinski definition) is 4. The number of benzene rings is 1. The smallest absolute Gasteiger partial charge is 0.233 e. The summed E-state index contributed by atoms with van der Waals surface area (Å²) in [6.07, 6.45) is 3.75. The van der Waals surface area contributed by atoms with Crippen molar-refractivity contribution in [2.75, 3.05) is 16.2 Å². The molecular formula is C14H17N3O2S. The Labute approximate surface area is 118 Å². The van der Waals surface area contributed by atoms with Crippen LogP contribution in [0.5, 0.6) is 0 Å². The zero-order valence-electron chi connectivity index (χ0n) is 11.2. The van der Waals surface area contributed by atoms with Gasteiger partial charge >= 0.3 is 0 Å². The van der Waals surface area contributed by atoms with Crippen molar-refractivity contribution in [1.82, 2.24) is 4.98 Å². The fourth-order valence-corrected chi connectivity index (χ4v) is 2.86. The normalized spacial score (nSPS) is 11.2. The van der Waals surface area contributed by atoms with Gasteiger partial charge < -0.3 is 5.73 Å². The topological polar surface area (TPSA) is 85.1 Å². The van der Waals surface area contributed by atoms with Gasteiger partial charge in [-0.1, -0.05) is 0 Å². The Morgan fingerprint density at radius 1 is 1.20 bits per heavy atom. The van der Waals surface area contributed by atoms with Crippen molar-refractivity contribution in [3.05, 3.63) is 53.9 Å². The van der Waals surface area contributed by atoms with Crippen LogP contribution in [0.2, 0.25) is 0 Å². The van der Waals surface area contributed by atoms with Crippen LogP contribution in [0.15, 0.2) is 42.7 Å². The highest BCUT2D eigenvalue weighted by Gasteiger charge is 2.11. The van der Waals surface area contributed by atoms with Gasteiger partial charge in [-0.3, -0.25) is 9.71 Å². The zero-order chi connectivity index (χ0) is 14.6. The number of sulfonamides is 1. The second-order valence-electron chi connectivity index (χ2n) is 4.60. The number of anilines is 2. The number of nitrogens with one attached hydrogen (secondary N) is 1. The van der Waals surface area contributed by atoms with Crippen LogP contribution < -0.4 is 10.5 Å². The Hall–Kier alpha value is -2.08. The number of nitrogens with two attached hydrogens (primary N) is 1. The lowest BCUT2D eigenvalue weighted by molar-refractivity contribution is 0.600. The number of aryl methyl sites for hydroxylation is 2. The summed E-state index contributed by atoms with van der Waals surface area (Å²) in [4.78, 5) is 3.90. The maximum Gasteiger partial charge on any atom is 0.233 e. The fraction of sp³-hybridized carbons (Fsp3) is 0.214. The molecule has 3 N–H and O–H groups in total. The van der Waals surface area contributed by atoms with Gasteiger partial charge in [0.05, 0.1) is 5.75 Å². The molecule has 0 saturated carbocycles. The molecule has 106 valence electrons. The minimum atomic E-state index is -3.37. The number of nitrogen functional groups attached to an aromatic ring is 1. The molecule has 0 fully saturated rings. The van der Waals surface area contributed by atoms with Gasteiger partial charge in [-0.2, -0.15) is 0 Å². The lowest BCUT2D eigenvalue weighted by Gasteiger charge is -2.09. The SMILES string of the molecule is Cc1cc(NS(=O)(=O)CCc2ccncc2)ccc1N. The number of hydrogen-bond donors (Lipinski definition) is 2. The maximum atomic E-state index is 12.0. The highest BCUT2D eigenvalue weighted by Crippen LogP contribution is 2.17. The van der Waals surface area contributed by atoms with Crippen molar-refractivity contribution in [2.45, 2.75) is 13.3 Å². The van der Waals surface area contributed by atoms with Crippen molar-refractivity contribution in [2.24, 2.45) is 0 Å². The molecule has 1 heterocycles. The van der Waals surface area contributed by atoms with Gasteiger partial charge in [0.2, 0.25) is 10.0 Å². The standard InChI is InChI=1S/C14H17N3O2S/c1-11-10-13(2-3-14(11)15)17-20(18,19)9-6-12-4-7-16-8-5-12/h2-5,7-8,10,17H,6,9,15H2,1H3. The van der Waals surface area contributed by atoms with E-state index in [2.05, 4.69) is 9.71 Å². The van der Waals surface area contributed by atoms with Crippen LogP contribution in [-0.2, 0) is 16.4 Å². The van der Waals surface area contributed by atoms with E-state index in [9.17, 15) is 8.42 Å². The molecule has 0 aliphatic rings. The summed E-state index contributed by atoms with van der Waals surface area (Å²) in [7, 11) is -3.37. The predicted octanol–water partition coefficient (Wildman–Crippen LogP) is 1.96. The molecule has 0 radical (unpaired) electrons. The van der Waals surface area contributed by atoms with Gasteiger partial charge in [-0.25, -0.2) is 8.42 Å². The Kier molecular flexibility index (Phi) is 4.24. The quantitative estimate of drug-likeness (QED) is 0.825. The van der Waals surface area contributed by atoms with Gasteiger partial charge in [0.15, 0.2) is 0 Å². The van der Waals surface area contributed by atoms with E-state index in [1.807, 2.05) is 19.1 Å². The van der Waals surface area contributed by atoms with E-state index in [1.165, 1.54) is 0 Å². The van der Waals surface area contributed by atoms with Gasteiger partial charge in [0, 0.05) is 23.8 Å². The molecule has 0 saturated heterocycles. The Bertz CT molecular complexity index is 685. The van der Waals surface area contributed by atoms with Crippen LogP contribution in [0, 0.1) is 6.92 Å². The zero-order valence-corrected chi connectivity index (χ0v) is 12.0. The fourth-order valence-electron chi connectivity index (χ4n) is 1.77. The third-order valence-electron chi connectivity index (χ3n) is 2.95. The van der Waals surface area contributed by atoms with Crippen LogP contribution in [0.1, 0.15) is 11.1 Å². The number of nitrogens with zero attached hydrogens (tertiary/aromatic N) is 1. The monoisotopic (exact) mass is 291 g/mol. The molecule has 0 aliphatic heterocycles. The molecule has 2 rings (SSSR count). The molecule has 1 aromatic heterocycles. The van der Waals surface area contributed by atoms with Crippen LogP contribution in [0.25, 0.3) is 0 Å². The van der Waals surface area contributed by atoms with Crippen molar-refractivity contribution in [1.29, 1.82) is 0 Å². The molecular weight excluding hydrogens is 274 g/mol. The van der Waals surface area contributed by atoms with Crippen LogP contribution >= 0.6 is 0 Å². The predicted molar refractivity (Wildman–Crippen MR) is 80.9 cm³/mol. The number of rotatable bonds is 5. The molecule has 6 heteroatoms. The molecule has 20 heavy (non-hydrogen) atoms. The van der Waals surface area contributed by atoms with Crippen molar-refractivity contribution in [3.8, 4) is 0 Å². The summed E-state index contributed by atoms with van der Waals surface area (Å²) in [5, 5.41) is 0. The summed E-state index contributed by atoms with van der Waals surface area (Å²) in [5.74, 6) is 0.0282. The number of pyridine rings is 1. The summed E-state index contributed by atoms with van der Waals surface area (Å²) in [5.41, 5.74) is 8.67. The highest BCUT2D eigenvalue weighted by molar-refractivity contribution is 7.92. The summed E-state index contributed by atoms with van der Waals surface area (Å²) >= 11 is 0. The molecule has 2 aromatic rings. The number of aromatic nitrogens is 1. The first-order valence-electron chi connectivity index (χ1n) is 6.22. The van der Waals surface area contributed by atoms with Crippen LogP contribution in [-0.4, -0.2) is 19.2 Å². The van der Waals surface area contributed by atoms with Gasteiger partial charge in [0.1, 0.15) is 0 Å². The minimum absolute atomic E-state index is 0.0282. The van der Waals surface area contributed by atoms with Crippen molar-refractivity contribution >= 4 is 21.4 Å². The first kappa shape index (κ1) is 14.3. The molecule has 0 atom stereocenters. The average Bonchev–Trinajstić information content (AvgIpc) is 2.42. The van der Waals surface area contributed by atoms with Crippen LogP contribution in [0.4, 0.5) is 11.4 Å². The van der Waals surface area contributed by atoms with Crippen molar-refractivity contribution in [3.63, 3.8) is 0 Å². The third-order valence-corrected chi connectivity index (χ3v) is 4.24. The summed E-state index contributed by atoms with van der Waals surface area (Å²) in [6.45, 7) is 1.84. The van der Waals surface area contributed by atoms with E-state index in [1.54, 1.807) is 30.6 Å². The van der Waals surface area contributed by atoms with E-state index in [4.69, 9.17) is 5.73 Å². The maximum absolute atomic E-state index is 12.0. The van der Waals surface area contributed by atoms with Gasteiger partial charge in [-0.15, -0.1) is 0 Å². The van der Waals surface area contributed by atoms with E-state index < -0.39 is 10.0 Å². The van der Waals surface area contributed by atoms with Gasteiger partial charge in [-0.05, 0) is 54.8 Å². The van der Waals surface area contributed by atoms with Crippen molar-refractivity contribution < 1.29 is 8.42 Å². The lowest BCUT2D eigenvalue weighted by Crippen LogP contribution is -2.18.